The molecule has 0 heterocycles. The van der Waals surface area contributed by atoms with Crippen molar-refractivity contribution < 1.29 is 0 Å². The fraction of sp³-hybridized carbons (Fsp3) is 0.0360. The van der Waals surface area contributed by atoms with E-state index in [1.54, 1.807) is 0 Å². The van der Waals surface area contributed by atoms with Crippen LogP contribution in [0.4, 0.5) is 85.3 Å². The Kier molecular flexibility index (Phi) is 25.1. The maximum Gasteiger partial charge on any atom is 0.0488 e. The minimum atomic E-state index is 1.11. The normalized spacial score (nSPS) is 11.2. The third kappa shape index (κ3) is 18.8. The zero-order valence-corrected chi connectivity index (χ0v) is 81.7. The van der Waals surface area contributed by atoms with Crippen molar-refractivity contribution in [1.82, 2.24) is 0 Å². The van der Waals surface area contributed by atoms with Gasteiger partial charge in [0, 0.05) is 112 Å². The van der Waals surface area contributed by atoms with Crippen molar-refractivity contribution in [2.75, 3.05) is 50.5 Å². The first-order valence-corrected chi connectivity index (χ1v) is 49.8. The Morgan fingerprint density at radius 3 is 0.738 bits per heavy atom. The molecule has 0 bridgehead atoms. The summed E-state index contributed by atoms with van der Waals surface area (Å²) in [5, 5.41) is 17.9. The Morgan fingerprint density at radius 2 is 0.372 bits per heavy atom. The van der Waals surface area contributed by atoms with Crippen LogP contribution in [0.2, 0.25) is 0 Å². The highest BCUT2D eigenvalue weighted by Crippen LogP contribution is 2.48. The van der Waals surface area contributed by atoms with Crippen LogP contribution in [0.15, 0.2) is 552 Å². The quantitative estimate of drug-likeness (QED) is 0.0524. The summed E-state index contributed by atoms with van der Waals surface area (Å²) in [5.74, 6) is 0. The number of fused-ring (bicyclic) bond motifs is 5. The monoisotopic (exact) mass is 1860 g/mol. The smallest absolute Gasteiger partial charge is 0.0488 e. The first kappa shape index (κ1) is 90.2. The summed E-state index contributed by atoms with van der Waals surface area (Å²) in [6.45, 7) is 4.25. The first-order valence-electron chi connectivity index (χ1n) is 49.8. The summed E-state index contributed by atoms with van der Waals surface area (Å²) in [4.78, 5) is 13.8. The van der Waals surface area contributed by atoms with Gasteiger partial charge in [0.2, 0.25) is 0 Å². The van der Waals surface area contributed by atoms with Gasteiger partial charge in [-0.15, -0.1) is 0 Å². The van der Waals surface area contributed by atoms with Gasteiger partial charge in [0.05, 0.1) is 0 Å². The van der Waals surface area contributed by atoms with Crippen molar-refractivity contribution in [3.63, 3.8) is 0 Å². The second-order valence-electron chi connectivity index (χ2n) is 37.6. The number of hydrogen-bond donors (Lipinski definition) is 0. The van der Waals surface area contributed by atoms with Crippen molar-refractivity contribution in [3.05, 3.63) is 563 Å². The Balaban J connectivity index is 0.000000122. The summed E-state index contributed by atoms with van der Waals surface area (Å²) in [5.41, 5.74) is 34.0. The van der Waals surface area contributed by atoms with Crippen LogP contribution in [0, 0.1) is 13.8 Å². The molecule has 0 unspecified atom stereocenters. The SMILES string of the molecule is CN(c1ccc(-c2ccc(N(c3cccc(-c4ccccc4)c3)c3ccc4ccccc4c3)cc2)cc1)c1ccc2c3cccc4cccc(c5cccc1c52)c43.Cc1ccc(N(C)c2ccc(-c3ccc(N(c4cccc(-c5ccccc5)c4)c4ccc5ccccc5c4)cc3)cc2)cc1.Cc1cccc(N(C)c2ccc(-c3ccc(N(c4cccc(-c5ccccc5)c4)c4ccc5ccccc5c4)cc3)cc2)c1. The van der Waals surface area contributed by atoms with E-state index in [4.69, 9.17) is 0 Å². The molecule has 145 heavy (non-hydrogen) atoms. The van der Waals surface area contributed by atoms with Crippen molar-refractivity contribution in [2.24, 2.45) is 0 Å². The number of benzene rings is 25. The molecule has 6 nitrogen and oxygen atoms in total. The second kappa shape index (κ2) is 40.3. The molecule has 0 aliphatic heterocycles. The third-order valence-electron chi connectivity index (χ3n) is 28.4. The number of anilines is 15. The van der Waals surface area contributed by atoms with Crippen LogP contribution in [0.25, 0.3) is 142 Å². The molecule has 25 aromatic carbocycles. The Bertz CT molecular complexity index is 8850. The molecule has 0 aromatic heterocycles. The van der Waals surface area contributed by atoms with Gasteiger partial charge < -0.3 is 29.4 Å². The van der Waals surface area contributed by atoms with E-state index in [1.807, 2.05) is 0 Å². The summed E-state index contributed by atoms with van der Waals surface area (Å²) in [6, 6.07) is 199. The minimum Gasteiger partial charge on any atom is -0.345 e. The highest BCUT2D eigenvalue weighted by atomic mass is 15.2. The molecule has 0 spiro atoms. The van der Waals surface area contributed by atoms with Gasteiger partial charge in [0.15, 0.2) is 0 Å². The molecule has 25 rings (SSSR count). The zero-order chi connectivity index (χ0) is 97.6. The lowest BCUT2D eigenvalue weighted by Crippen LogP contribution is -2.10. The molecule has 0 atom stereocenters. The third-order valence-corrected chi connectivity index (χ3v) is 28.4. The van der Waals surface area contributed by atoms with E-state index in [0.717, 1.165) is 68.2 Å². The van der Waals surface area contributed by atoms with E-state index in [9.17, 15) is 0 Å². The van der Waals surface area contributed by atoms with Gasteiger partial charge >= 0.3 is 0 Å². The summed E-state index contributed by atoms with van der Waals surface area (Å²) >= 11 is 0. The van der Waals surface area contributed by atoms with E-state index in [-0.39, 0.29) is 0 Å². The largest absolute Gasteiger partial charge is 0.345 e. The second-order valence-corrected chi connectivity index (χ2v) is 37.6. The van der Waals surface area contributed by atoms with Crippen LogP contribution < -0.4 is 29.4 Å². The Hall–Kier alpha value is -18.6. The van der Waals surface area contributed by atoms with Gasteiger partial charge in [-0.3, -0.25) is 0 Å². The maximum atomic E-state index is 2.36. The average molecular weight is 1860 g/mol. The van der Waals surface area contributed by atoms with E-state index in [0.29, 0.717) is 0 Å². The fourth-order valence-corrected chi connectivity index (χ4v) is 20.7. The molecule has 0 aliphatic carbocycles. The van der Waals surface area contributed by atoms with E-state index in [2.05, 4.69) is 616 Å². The molecule has 0 radical (unpaired) electrons. The molecular formula is C139H106N6. The maximum absolute atomic E-state index is 2.36. The zero-order valence-electron chi connectivity index (χ0n) is 81.7. The number of nitrogens with zero attached hydrogens (tertiary/aromatic N) is 6. The lowest BCUT2D eigenvalue weighted by Gasteiger charge is -2.26. The number of hydrogen-bond acceptors (Lipinski definition) is 6. The van der Waals surface area contributed by atoms with Gasteiger partial charge in [-0.2, -0.15) is 0 Å². The van der Waals surface area contributed by atoms with Crippen molar-refractivity contribution in [2.45, 2.75) is 13.8 Å². The topological polar surface area (TPSA) is 19.4 Å². The highest BCUT2D eigenvalue weighted by molar-refractivity contribution is 6.34. The molecule has 0 saturated carbocycles. The van der Waals surface area contributed by atoms with Gasteiger partial charge in [0.25, 0.3) is 0 Å². The predicted molar refractivity (Wildman–Crippen MR) is 623 cm³/mol. The fourth-order valence-electron chi connectivity index (χ4n) is 20.7. The molecular weight excluding hydrogens is 1750 g/mol. The van der Waals surface area contributed by atoms with Crippen LogP contribution in [-0.4, -0.2) is 21.1 Å². The first-order chi connectivity index (χ1) is 71.4. The molecule has 692 valence electrons. The van der Waals surface area contributed by atoms with Crippen molar-refractivity contribution in [1.29, 1.82) is 0 Å². The lowest BCUT2D eigenvalue weighted by atomic mass is 9.89. The molecule has 25 aromatic rings. The number of aryl methyl sites for hydroxylation is 2. The van der Waals surface area contributed by atoms with E-state index in [1.165, 1.54) is 170 Å². The predicted octanol–water partition coefficient (Wildman–Crippen LogP) is 38.9. The average Bonchev–Trinajstić information content (AvgIpc) is 0.714. The van der Waals surface area contributed by atoms with Crippen LogP contribution in [0.1, 0.15) is 11.1 Å². The van der Waals surface area contributed by atoms with Crippen LogP contribution in [-0.2, 0) is 0 Å². The molecule has 0 saturated heterocycles. The molecule has 0 N–H and O–H groups in total. The van der Waals surface area contributed by atoms with E-state index >= 15 is 0 Å². The van der Waals surface area contributed by atoms with Crippen molar-refractivity contribution in [3.8, 4) is 66.8 Å². The molecule has 0 fully saturated rings. The Morgan fingerprint density at radius 1 is 0.124 bits per heavy atom. The van der Waals surface area contributed by atoms with Crippen LogP contribution in [0.5, 0.6) is 0 Å². The Labute approximate surface area is 849 Å². The van der Waals surface area contributed by atoms with Gasteiger partial charge in [-0.1, -0.05) is 382 Å². The van der Waals surface area contributed by atoms with Gasteiger partial charge in [-0.05, 0) is 332 Å². The molecule has 6 heteroatoms. The van der Waals surface area contributed by atoms with Gasteiger partial charge in [-0.25, -0.2) is 0 Å². The summed E-state index contributed by atoms with van der Waals surface area (Å²) in [6.07, 6.45) is 0. The number of rotatable bonds is 21. The minimum absolute atomic E-state index is 1.11. The lowest BCUT2D eigenvalue weighted by molar-refractivity contribution is 1.20. The van der Waals surface area contributed by atoms with Crippen LogP contribution in [0.3, 0.4) is 0 Å². The summed E-state index contributed by atoms with van der Waals surface area (Å²) in [7, 11) is 6.41. The molecule has 0 aliphatic rings. The van der Waals surface area contributed by atoms with E-state index < -0.39 is 0 Å². The highest BCUT2D eigenvalue weighted by Gasteiger charge is 2.23. The standard InChI is InChI=1S/C55H38N2.2C42H34N2/c1-56(53-34-33-51-49-20-9-16-41-15-8-19-48(54(41)49)50-21-10-22-52(53)55(50)51)44-28-23-39(24-29-44)40-25-30-45(31-26-40)57(47-32-27-38-13-5-6-14-42(38)36-47)46-18-7-17-43(35-46)37-11-3-2-4-12-37;1-31-10-8-16-40(28-31)43(2)38-23-18-34(19-24-38)35-20-25-39(26-21-35)44(42-27-22-33-13-6-7-14-36(33)30-42)41-17-9-15-37(29-41)32-11-4-3-5-12-32;1-31-15-22-38(23-16-31)43(2)39-24-17-34(18-25-39)35-19-26-40(27-20-35)44(42-28-21-33-11-6-7-12-36(33)30-42)41-14-8-13-37(29-41)32-9-4-3-5-10-32/h2-36H,1H3;2*3-30H,1-2H3. The van der Waals surface area contributed by atoms with Crippen molar-refractivity contribution >= 4 is 161 Å². The van der Waals surface area contributed by atoms with Crippen LogP contribution >= 0.6 is 0 Å². The molecule has 0 amide bonds. The summed E-state index contributed by atoms with van der Waals surface area (Å²) < 4.78 is 0. The van der Waals surface area contributed by atoms with Gasteiger partial charge in [0.1, 0.15) is 0 Å².